The predicted molar refractivity (Wildman–Crippen MR) is 87.0 cm³/mol. The second-order valence-corrected chi connectivity index (χ2v) is 6.97. The third-order valence-electron chi connectivity index (χ3n) is 4.35. The molecule has 3 unspecified atom stereocenters. The number of hydrogen-bond donors (Lipinski definition) is 1. The van der Waals surface area contributed by atoms with Gasteiger partial charge in [0.1, 0.15) is 0 Å². The van der Waals surface area contributed by atoms with E-state index >= 15 is 0 Å². The first-order chi connectivity index (χ1) is 9.31. The smallest absolute Gasteiger partial charge is 0.0136 e. The fourth-order valence-electron chi connectivity index (χ4n) is 3.06. The van der Waals surface area contributed by atoms with Crippen LogP contribution in [0.4, 0.5) is 0 Å². The molecular weight excluding hydrogens is 250 g/mol. The van der Waals surface area contributed by atoms with Crippen molar-refractivity contribution in [3.63, 3.8) is 0 Å². The van der Waals surface area contributed by atoms with Gasteiger partial charge in [-0.2, -0.15) is 11.8 Å². The van der Waals surface area contributed by atoms with E-state index in [1.165, 1.54) is 37.7 Å². The van der Waals surface area contributed by atoms with Gasteiger partial charge in [0, 0.05) is 11.3 Å². The summed E-state index contributed by atoms with van der Waals surface area (Å²) in [5, 5.41) is 4.59. The number of rotatable bonds is 6. The van der Waals surface area contributed by atoms with E-state index in [0.717, 1.165) is 17.7 Å². The molecule has 0 radical (unpaired) electrons. The van der Waals surface area contributed by atoms with Gasteiger partial charge < -0.3 is 5.32 Å². The summed E-state index contributed by atoms with van der Waals surface area (Å²) in [6.07, 6.45) is 8.95. The Morgan fingerprint density at radius 3 is 2.68 bits per heavy atom. The molecule has 2 heteroatoms. The Hall–Kier alpha value is -0.470. The maximum atomic E-state index is 3.82. The first-order valence-electron chi connectivity index (χ1n) is 7.62. The fraction of sp³-hybridized carbons (Fsp3) is 0.647. The van der Waals surface area contributed by atoms with Crippen molar-refractivity contribution in [3.05, 3.63) is 35.9 Å². The van der Waals surface area contributed by atoms with Crippen molar-refractivity contribution in [2.45, 2.75) is 56.2 Å². The molecule has 2 rings (SSSR count). The second kappa shape index (κ2) is 7.96. The lowest BCUT2D eigenvalue weighted by atomic mass is 9.80. The molecule has 1 aliphatic carbocycles. The van der Waals surface area contributed by atoms with Crippen LogP contribution >= 0.6 is 11.8 Å². The molecule has 0 bridgehead atoms. The maximum absolute atomic E-state index is 3.82. The molecular formula is C17H27NS. The molecule has 0 saturated heterocycles. The van der Waals surface area contributed by atoms with Crippen LogP contribution in [-0.2, 0) is 0 Å². The Morgan fingerprint density at radius 1 is 1.21 bits per heavy atom. The molecule has 0 spiro atoms. The van der Waals surface area contributed by atoms with E-state index in [0.29, 0.717) is 6.04 Å². The summed E-state index contributed by atoms with van der Waals surface area (Å²) < 4.78 is 0. The number of benzene rings is 1. The molecule has 1 aromatic rings. The van der Waals surface area contributed by atoms with E-state index in [1.807, 2.05) is 11.8 Å². The van der Waals surface area contributed by atoms with Gasteiger partial charge in [-0.15, -0.1) is 0 Å². The highest BCUT2D eigenvalue weighted by molar-refractivity contribution is 7.99. The van der Waals surface area contributed by atoms with E-state index in [1.54, 1.807) is 0 Å². The van der Waals surface area contributed by atoms with E-state index < -0.39 is 0 Å². The molecule has 1 aromatic carbocycles. The van der Waals surface area contributed by atoms with Crippen LogP contribution in [0, 0.1) is 0 Å². The molecule has 1 aliphatic rings. The van der Waals surface area contributed by atoms with Gasteiger partial charge in [-0.05, 0) is 43.5 Å². The molecule has 1 nitrogen and oxygen atoms in total. The van der Waals surface area contributed by atoms with Crippen LogP contribution in [0.3, 0.4) is 0 Å². The highest BCUT2D eigenvalue weighted by Crippen LogP contribution is 2.33. The molecule has 0 amide bonds. The molecule has 0 aliphatic heterocycles. The second-order valence-electron chi connectivity index (χ2n) is 5.70. The zero-order chi connectivity index (χ0) is 13.5. The van der Waals surface area contributed by atoms with Crippen molar-refractivity contribution < 1.29 is 0 Å². The lowest BCUT2D eigenvalue weighted by Gasteiger charge is -2.33. The highest BCUT2D eigenvalue weighted by atomic mass is 32.2. The minimum Gasteiger partial charge on any atom is -0.313 e. The first-order valence-corrected chi connectivity index (χ1v) is 8.91. The zero-order valence-corrected chi connectivity index (χ0v) is 13.1. The van der Waals surface area contributed by atoms with Gasteiger partial charge in [-0.3, -0.25) is 0 Å². The van der Waals surface area contributed by atoms with Crippen LogP contribution in [0.15, 0.2) is 30.3 Å². The first kappa shape index (κ1) is 14.9. The van der Waals surface area contributed by atoms with Gasteiger partial charge in [0.25, 0.3) is 0 Å². The quantitative estimate of drug-likeness (QED) is 0.825. The lowest BCUT2D eigenvalue weighted by molar-refractivity contribution is 0.327. The lowest BCUT2D eigenvalue weighted by Crippen LogP contribution is -2.38. The van der Waals surface area contributed by atoms with Crippen LogP contribution in [0.5, 0.6) is 0 Å². The van der Waals surface area contributed by atoms with E-state index in [9.17, 15) is 0 Å². The van der Waals surface area contributed by atoms with Crippen molar-refractivity contribution in [2.24, 2.45) is 0 Å². The Balaban J connectivity index is 1.89. The van der Waals surface area contributed by atoms with Gasteiger partial charge in [0.15, 0.2) is 0 Å². The van der Waals surface area contributed by atoms with Crippen LogP contribution in [0.2, 0.25) is 0 Å². The summed E-state index contributed by atoms with van der Waals surface area (Å²) in [4.78, 5) is 0. The standard InChI is InChI=1S/C17H27NS/c1-14(19-2)12-13-18-17-11-7-6-10-16(17)15-8-4-3-5-9-15/h3-5,8-9,14,16-18H,6-7,10-13H2,1-2H3. The third-order valence-corrected chi connectivity index (χ3v) is 5.39. The topological polar surface area (TPSA) is 12.0 Å². The summed E-state index contributed by atoms with van der Waals surface area (Å²) in [6, 6.07) is 11.8. The SMILES string of the molecule is CSC(C)CCNC1CCCCC1c1ccccc1. The van der Waals surface area contributed by atoms with E-state index in [-0.39, 0.29) is 0 Å². The Labute approximate surface area is 122 Å². The van der Waals surface area contributed by atoms with Gasteiger partial charge in [0.2, 0.25) is 0 Å². The third kappa shape index (κ3) is 4.54. The van der Waals surface area contributed by atoms with Crippen molar-refractivity contribution in [1.82, 2.24) is 5.32 Å². The Kier molecular flexibility index (Phi) is 6.25. The van der Waals surface area contributed by atoms with Crippen LogP contribution in [0.25, 0.3) is 0 Å². The summed E-state index contributed by atoms with van der Waals surface area (Å²) >= 11 is 1.97. The number of nitrogens with one attached hydrogen (secondary N) is 1. The van der Waals surface area contributed by atoms with E-state index in [2.05, 4.69) is 48.8 Å². The van der Waals surface area contributed by atoms with Crippen molar-refractivity contribution in [1.29, 1.82) is 0 Å². The average Bonchev–Trinajstić information content (AvgIpc) is 2.48. The average molecular weight is 277 g/mol. The highest BCUT2D eigenvalue weighted by Gasteiger charge is 2.25. The van der Waals surface area contributed by atoms with Crippen LogP contribution in [0.1, 0.15) is 50.5 Å². The Bertz CT molecular complexity index is 352. The molecule has 0 heterocycles. The molecule has 3 atom stereocenters. The minimum absolute atomic E-state index is 0.685. The van der Waals surface area contributed by atoms with Crippen molar-refractivity contribution >= 4 is 11.8 Å². The molecule has 1 N–H and O–H groups in total. The van der Waals surface area contributed by atoms with Gasteiger partial charge in [-0.25, -0.2) is 0 Å². The monoisotopic (exact) mass is 277 g/mol. The number of thioether (sulfide) groups is 1. The summed E-state index contributed by atoms with van der Waals surface area (Å²) in [5.41, 5.74) is 1.53. The summed E-state index contributed by atoms with van der Waals surface area (Å²) in [5.74, 6) is 0.722. The molecule has 1 fully saturated rings. The maximum Gasteiger partial charge on any atom is 0.0136 e. The van der Waals surface area contributed by atoms with Crippen molar-refractivity contribution in [2.75, 3.05) is 12.8 Å². The molecule has 19 heavy (non-hydrogen) atoms. The molecule has 1 saturated carbocycles. The fourth-order valence-corrected chi connectivity index (χ4v) is 3.42. The van der Waals surface area contributed by atoms with Crippen LogP contribution < -0.4 is 5.32 Å². The number of hydrogen-bond acceptors (Lipinski definition) is 2. The zero-order valence-electron chi connectivity index (χ0n) is 12.3. The Morgan fingerprint density at radius 2 is 1.95 bits per heavy atom. The van der Waals surface area contributed by atoms with Crippen molar-refractivity contribution in [3.8, 4) is 0 Å². The van der Waals surface area contributed by atoms with Gasteiger partial charge >= 0.3 is 0 Å². The summed E-state index contributed by atoms with van der Waals surface area (Å²) in [6.45, 7) is 3.48. The summed E-state index contributed by atoms with van der Waals surface area (Å²) in [7, 11) is 0. The van der Waals surface area contributed by atoms with Gasteiger partial charge in [0.05, 0.1) is 0 Å². The minimum atomic E-state index is 0.685. The van der Waals surface area contributed by atoms with Gasteiger partial charge in [-0.1, -0.05) is 50.1 Å². The molecule has 0 aromatic heterocycles. The predicted octanol–water partition coefficient (Wildman–Crippen LogP) is 4.44. The normalized spacial score (nSPS) is 25.2. The largest absolute Gasteiger partial charge is 0.313 e. The van der Waals surface area contributed by atoms with Crippen LogP contribution in [-0.4, -0.2) is 24.1 Å². The molecule has 106 valence electrons. The van der Waals surface area contributed by atoms with E-state index in [4.69, 9.17) is 0 Å².